The van der Waals surface area contributed by atoms with Crippen molar-refractivity contribution in [1.29, 1.82) is 0 Å². The van der Waals surface area contributed by atoms with E-state index in [2.05, 4.69) is 44.1 Å². The second-order valence-electron chi connectivity index (χ2n) is 4.05. The standard InChI is InChI=1S/C10H13Br2NO2/c1-10(2-3-14-6-10)13-5-7-4-8(11)9(12)15-7/h4,13H,2-3,5-6H2,1H3. The van der Waals surface area contributed by atoms with Gasteiger partial charge in [-0.05, 0) is 51.3 Å². The third-order valence-corrected chi connectivity index (χ3v) is 4.31. The highest BCUT2D eigenvalue weighted by atomic mass is 79.9. The monoisotopic (exact) mass is 337 g/mol. The Bertz CT molecular complexity index is 326. The van der Waals surface area contributed by atoms with Crippen LogP contribution in [0.15, 0.2) is 19.6 Å². The summed E-state index contributed by atoms with van der Waals surface area (Å²) >= 11 is 6.71. The second-order valence-corrected chi connectivity index (χ2v) is 5.63. The predicted octanol–water partition coefficient (Wildman–Crippen LogP) is 3.07. The summed E-state index contributed by atoms with van der Waals surface area (Å²) in [7, 11) is 0. The topological polar surface area (TPSA) is 34.4 Å². The maximum atomic E-state index is 5.49. The molecule has 5 heteroatoms. The van der Waals surface area contributed by atoms with E-state index >= 15 is 0 Å². The van der Waals surface area contributed by atoms with Crippen LogP contribution in [0.1, 0.15) is 19.1 Å². The number of hydrogen-bond acceptors (Lipinski definition) is 3. The number of rotatable bonds is 3. The van der Waals surface area contributed by atoms with Crippen LogP contribution in [0.5, 0.6) is 0 Å². The summed E-state index contributed by atoms with van der Waals surface area (Å²) in [5.74, 6) is 0.918. The van der Waals surface area contributed by atoms with Gasteiger partial charge in [0.25, 0.3) is 0 Å². The molecule has 0 radical (unpaired) electrons. The number of hydrogen-bond donors (Lipinski definition) is 1. The SMILES string of the molecule is CC1(NCc2cc(Br)c(Br)o2)CCOC1. The summed E-state index contributed by atoms with van der Waals surface area (Å²) in [4.78, 5) is 0. The van der Waals surface area contributed by atoms with E-state index in [1.54, 1.807) is 0 Å². The molecule has 0 amide bonds. The van der Waals surface area contributed by atoms with Crippen LogP contribution in [0.2, 0.25) is 0 Å². The Kier molecular flexibility index (Phi) is 3.55. The van der Waals surface area contributed by atoms with Crippen molar-refractivity contribution in [2.45, 2.75) is 25.4 Å². The van der Waals surface area contributed by atoms with Gasteiger partial charge >= 0.3 is 0 Å². The average molecular weight is 339 g/mol. The Morgan fingerprint density at radius 2 is 2.33 bits per heavy atom. The van der Waals surface area contributed by atoms with Crippen LogP contribution in [-0.4, -0.2) is 18.8 Å². The fraction of sp³-hybridized carbons (Fsp3) is 0.600. The van der Waals surface area contributed by atoms with Crippen molar-refractivity contribution in [3.63, 3.8) is 0 Å². The molecule has 1 atom stereocenters. The Morgan fingerprint density at radius 3 is 2.87 bits per heavy atom. The second kappa shape index (κ2) is 4.57. The molecule has 2 heterocycles. The third kappa shape index (κ3) is 2.84. The van der Waals surface area contributed by atoms with Gasteiger partial charge in [-0.25, -0.2) is 0 Å². The minimum atomic E-state index is 0.0890. The molecule has 0 saturated carbocycles. The molecule has 1 N–H and O–H groups in total. The van der Waals surface area contributed by atoms with E-state index in [1.807, 2.05) is 6.07 Å². The van der Waals surface area contributed by atoms with Gasteiger partial charge in [0, 0.05) is 12.1 Å². The minimum absolute atomic E-state index is 0.0890. The molecule has 84 valence electrons. The van der Waals surface area contributed by atoms with E-state index < -0.39 is 0 Å². The van der Waals surface area contributed by atoms with Crippen molar-refractivity contribution in [3.8, 4) is 0 Å². The molecule has 1 aliphatic heterocycles. The Hall–Kier alpha value is 0.160. The van der Waals surface area contributed by atoms with Gasteiger partial charge in [-0.15, -0.1) is 0 Å². The maximum Gasteiger partial charge on any atom is 0.183 e. The van der Waals surface area contributed by atoms with E-state index in [-0.39, 0.29) is 5.54 Å². The quantitative estimate of drug-likeness (QED) is 0.919. The van der Waals surface area contributed by atoms with Gasteiger partial charge in [0.05, 0.1) is 17.6 Å². The van der Waals surface area contributed by atoms with Gasteiger partial charge in [0.1, 0.15) is 5.76 Å². The zero-order chi connectivity index (χ0) is 10.9. The molecule has 1 fully saturated rings. The van der Waals surface area contributed by atoms with Gasteiger partial charge in [0.15, 0.2) is 4.67 Å². The molecule has 1 saturated heterocycles. The van der Waals surface area contributed by atoms with Crippen LogP contribution < -0.4 is 5.32 Å². The molecule has 0 bridgehead atoms. The first-order chi connectivity index (χ1) is 7.09. The molecule has 0 aliphatic carbocycles. The largest absolute Gasteiger partial charge is 0.452 e. The van der Waals surface area contributed by atoms with Crippen LogP contribution in [0.3, 0.4) is 0 Å². The fourth-order valence-corrected chi connectivity index (χ4v) is 2.24. The van der Waals surface area contributed by atoms with Crippen molar-refractivity contribution in [1.82, 2.24) is 5.32 Å². The lowest BCUT2D eigenvalue weighted by Gasteiger charge is -2.22. The predicted molar refractivity (Wildman–Crippen MR) is 64.8 cm³/mol. The van der Waals surface area contributed by atoms with E-state index in [0.717, 1.165) is 41.1 Å². The molecule has 1 aromatic rings. The van der Waals surface area contributed by atoms with Crippen molar-refractivity contribution in [2.75, 3.05) is 13.2 Å². The summed E-state index contributed by atoms with van der Waals surface area (Å²) in [5.41, 5.74) is 0.0890. The van der Waals surface area contributed by atoms with Crippen LogP contribution in [-0.2, 0) is 11.3 Å². The molecule has 1 aliphatic rings. The van der Waals surface area contributed by atoms with E-state index in [0.29, 0.717) is 0 Å². The summed E-state index contributed by atoms with van der Waals surface area (Å²) in [6.45, 7) is 4.52. The van der Waals surface area contributed by atoms with Gasteiger partial charge in [-0.3, -0.25) is 0 Å². The summed E-state index contributed by atoms with van der Waals surface area (Å²) in [6.07, 6.45) is 1.05. The zero-order valence-electron chi connectivity index (χ0n) is 8.48. The van der Waals surface area contributed by atoms with Crippen molar-refractivity contribution >= 4 is 31.9 Å². The number of nitrogens with one attached hydrogen (secondary N) is 1. The molecule has 1 unspecified atom stereocenters. The molecule has 15 heavy (non-hydrogen) atoms. The van der Waals surface area contributed by atoms with Crippen LogP contribution in [0.25, 0.3) is 0 Å². The lowest BCUT2D eigenvalue weighted by molar-refractivity contribution is 0.170. The molecular weight excluding hydrogens is 326 g/mol. The van der Waals surface area contributed by atoms with Gasteiger partial charge in [0.2, 0.25) is 0 Å². The fourth-order valence-electron chi connectivity index (χ4n) is 1.59. The number of furan rings is 1. The Morgan fingerprint density at radius 1 is 1.53 bits per heavy atom. The van der Waals surface area contributed by atoms with Crippen molar-refractivity contribution < 1.29 is 9.15 Å². The summed E-state index contributed by atoms with van der Waals surface area (Å²) < 4.78 is 12.5. The molecule has 1 aromatic heterocycles. The average Bonchev–Trinajstić information content (AvgIpc) is 2.73. The highest BCUT2D eigenvalue weighted by molar-refractivity contribution is 9.13. The first kappa shape index (κ1) is 11.6. The van der Waals surface area contributed by atoms with Gasteiger partial charge < -0.3 is 14.5 Å². The molecule has 3 nitrogen and oxygen atoms in total. The number of ether oxygens (including phenoxy) is 1. The Labute approximate surface area is 106 Å². The first-order valence-electron chi connectivity index (χ1n) is 4.86. The van der Waals surface area contributed by atoms with E-state index in [1.165, 1.54) is 0 Å². The maximum absolute atomic E-state index is 5.49. The molecular formula is C10H13Br2NO2. The summed E-state index contributed by atoms with van der Waals surface area (Å²) in [5, 5.41) is 3.45. The smallest absolute Gasteiger partial charge is 0.183 e. The van der Waals surface area contributed by atoms with Crippen LogP contribution >= 0.6 is 31.9 Å². The van der Waals surface area contributed by atoms with E-state index in [9.17, 15) is 0 Å². The van der Waals surface area contributed by atoms with Crippen LogP contribution in [0.4, 0.5) is 0 Å². The highest BCUT2D eigenvalue weighted by Gasteiger charge is 2.29. The Balaban J connectivity index is 1.92. The molecule has 2 rings (SSSR count). The molecule has 0 spiro atoms. The third-order valence-electron chi connectivity index (χ3n) is 2.60. The summed E-state index contributed by atoms with van der Waals surface area (Å²) in [6, 6.07) is 1.97. The number of halogens is 2. The van der Waals surface area contributed by atoms with E-state index in [4.69, 9.17) is 9.15 Å². The van der Waals surface area contributed by atoms with Crippen molar-refractivity contribution in [2.24, 2.45) is 0 Å². The normalized spacial score (nSPS) is 26.1. The lowest BCUT2D eigenvalue weighted by Crippen LogP contribution is -2.42. The lowest BCUT2D eigenvalue weighted by atomic mass is 10.0. The van der Waals surface area contributed by atoms with Crippen molar-refractivity contribution in [3.05, 3.63) is 21.0 Å². The highest BCUT2D eigenvalue weighted by Crippen LogP contribution is 2.27. The van der Waals surface area contributed by atoms with Crippen LogP contribution in [0, 0.1) is 0 Å². The minimum Gasteiger partial charge on any atom is -0.452 e. The van der Waals surface area contributed by atoms with Gasteiger partial charge in [-0.2, -0.15) is 0 Å². The first-order valence-corrected chi connectivity index (χ1v) is 6.44. The molecule has 0 aromatic carbocycles. The van der Waals surface area contributed by atoms with Gasteiger partial charge in [-0.1, -0.05) is 0 Å². The zero-order valence-corrected chi connectivity index (χ0v) is 11.7.